The molecule has 4 nitrogen and oxygen atoms in total. The zero-order valence-corrected chi connectivity index (χ0v) is 19.6. The highest BCUT2D eigenvalue weighted by Gasteiger charge is 2.42. The first-order valence-corrected chi connectivity index (χ1v) is 11.0. The summed E-state index contributed by atoms with van der Waals surface area (Å²) in [5, 5.41) is 0. The summed E-state index contributed by atoms with van der Waals surface area (Å²) in [6.45, 7) is 16.6. The largest absolute Gasteiger partial charge is 0.463 e. The summed E-state index contributed by atoms with van der Waals surface area (Å²) in [5.41, 5.74) is 6.08. The highest BCUT2D eigenvalue weighted by molar-refractivity contribution is 5.83. The predicted octanol–water partition coefficient (Wildman–Crippen LogP) is 5.61. The van der Waals surface area contributed by atoms with Gasteiger partial charge in [-0.2, -0.15) is 0 Å². The van der Waals surface area contributed by atoms with Crippen LogP contribution in [-0.4, -0.2) is 25.8 Å². The van der Waals surface area contributed by atoms with E-state index in [2.05, 4.69) is 46.8 Å². The summed E-state index contributed by atoms with van der Waals surface area (Å²) in [4.78, 5) is 11.8. The molecule has 0 N–H and O–H groups in total. The Balaban J connectivity index is 2.05. The van der Waals surface area contributed by atoms with Crippen molar-refractivity contribution in [2.45, 2.75) is 77.9 Å². The lowest BCUT2D eigenvalue weighted by Crippen LogP contribution is -2.35. The lowest BCUT2D eigenvalue weighted by Gasteiger charge is -2.43. The third-order valence-corrected chi connectivity index (χ3v) is 6.49. The van der Waals surface area contributed by atoms with Crippen LogP contribution in [0.2, 0.25) is 0 Å². The van der Waals surface area contributed by atoms with E-state index < -0.39 is 5.79 Å². The molecule has 0 unspecified atom stereocenters. The number of esters is 1. The molecule has 2 aliphatic rings. The molecule has 1 fully saturated rings. The maximum absolute atomic E-state index is 11.8. The summed E-state index contributed by atoms with van der Waals surface area (Å²) in [6.07, 6.45) is 7.65. The van der Waals surface area contributed by atoms with Gasteiger partial charge in [-0.3, -0.25) is 0 Å². The average Bonchev–Trinajstić information content (AvgIpc) is 3.14. The minimum atomic E-state index is -0.930. The van der Waals surface area contributed by atoms with Gasteiger partial charge in [-0.05, 0) is 78.8 Å². The van der Waals surface area contributed by atoms with Crippen LogP contribution in [0.4, 0.5) is 0 Å². The molecule has 1 aromatic rings. The highest BCUT2D eigenvalue weighted by atomic mass is 16.7. The van der Waals surface area contributed by atoms with Gasteiger partial charge in [0.1, 0.15) is 0 Å². The van der Waals surface area contributed by atoms with Gasteiger partial charge in [0.2, 0.25) is 5.79 Å². The third-order valence-electron chi connectivity index (χ3n) is 6.49. The molecule has 0 atom stereocenters. The molecule has 4 heteroatoms. The summed E-state index contributed by atoms with van der Waals surface area (Å²) >= 11 is 0. The second-order valence-corrected chi connectivity index (χ2v) is 9.82. The molecule has 1 aliphatic carbocycles. The van der Waals surface area contributed by atoms with E-state index in [1.165, 1.54) is 23.6 Å². The summed E-state index contributed by atoms with van der Waals surface area (Å²) in [7, 11) is 0. The topological polar surface area (TPSA) is 44.8 Å². The Kier molecular flexibility index (Phi) is 6.31. The molecule has 0 spiro atoms. The molecule has 1 saturated heterocycles. The normalized spacial score (nSPS) is 22.2. The lowest BCUT2D eigenvalue weighted by atomic mass is 9.62. The fourth-order valence-corrected chi connectivity index (χ4v) is 4.53. The summed E-state index contributed by atoms with van der Waals surface area (Å²) in [5.74, 6) is -1.27. The molecule has 0 amide bonds. The van der Waals surface area contributed by atoms with Gasteiger partial charge in [-0.15, -0.1) is 0 Å². The standard InChI is InChI=1S/C26H36O4/c1-8-28-23(27)15-18(2)9-10-26(29-13-14-30-26)20-17-22-21(16-19(20)3)24(4,5)11-12-25(22,6)7/h9-10,15-17H,8,11-14H2,1-7H3/b10-9+,18-15+. The van der Waals surface area contributed by atoms with E-state index in [1.807, 2.05) is 19.1 Å². The number of allylic oxidation sites excluding steroid dienone is 2. The zero-order chi connectivity index (χ0) is 22.2. The number of ether oxygens (including phenoxy) is 3. The number of hydrogen-bond acceptors (Lipinski definition) is 4. The monoisotopic (exact) mass is 412 g/mol. The Hall–Kier alpha value is -1.91. The molecule has 3 rings (SSSR count). The maximum Gasteiger partial charge on any atom is 0.330 e. The van der Waals surface area contributed by atoms with Crippen LogP contribution in [0.25, 0.3) is 0 Å². The maximum atomic E-state index is 11.8. The van der Waals surface area contributed by atoms with Gasteiger partial charge >= 0.3 is 5.97 Å². The minimum Gasteiger partial charge on any atom is -0.463 e. The van der Waals surface area contributed by atoms with Crippen molar-refractivity contribution >= 4 is 5.97 Å². The first kappa shape index (κ1) is 22.8. The second kappa shape index (κ2) is 8.32. The van der Waals surface area contributed by atoms with Crippen LogP contribution in [0.1, 0.15) is 76.6 Å². The van der Waals surface area contributed by atoms with Crippen molar-refractivity contribution in [3.8, 4) is 0 Å². The Labute approximate surface area is 181 Å². The second-order valence-electron chi connectivity index (χ2n) is 9.82. The van der Waals surface area contributed by atoms with Gasteiger partial charge in [0.05, 0.1) is 19.8 Å². The minimum absolute atomic E-state index is 0.108. The van der Waals surface area contributed by atoms with Crippen molar-refractivity contribution in [1.29, 1.82) is 0 Å². The summed E-state index contributed by atoms with van der Waals surface area (Å²) < 4.78 is 17.3. The predicted molar refractivity (Wildman–Crippen MR) is 120 cm³/mol. The van der Waals surface area contributed by atoms with Crippen molar-refractivity contribution in [2.24, 2.45) is 0 Å². The summed E-state index contributed by atoms with van der Waals surface area (Å²) in [6, 6.07) is 4.62. The van der Waals surface area contributed by atoms with E-state index in [4.69, 9.17) is 14.2 Å². The molecule has 1 aromatic carbocycles. The number of aryl methyl sites for hydroxylation is 1. The fourth-order valence-electron chi connectivity index (χ4n) is 4.53. The van der Waals surface area contributed by atoms with Gasteiger partial charge in [-0.25, -0.2) is 4.79 Å². The number of fused-ring (bicyclic) bond motifs is 1. The molecular formula is C26H36O4. The van der Waals surface area contributed by atoms with E-state index in [-0.39, 0.29) is 16.8 Å². The van der Waals surface area contributed by atoms with Crippen molar-refractivity contribution in [1.82, 2.24) is 0 Å². The number of hydrogen-bond donors (Lipinski definition) is 0. The van der Waals surface area contributed by atoms with Crippen molar-refractivity contribution in [3.05, 3.63) is 58.2 Å². The van der Waals surface area contributed by atoms with Crippen LogP contribution in [0.5, 0.6) is 0 Å². The van der Waals surface area contributed by atoms with Gasteiger partial charge in [0.15, 0.2) is 0 Å². The molecule has 1 heterocycles. The Morgan fingerprint density at radius 1 is 1.03 bits per heavy atom. The number of rotatable bonds is 5. The number of carbonyl (C=O) groups excluding carboxylic acids is 1. The van der Waals surface area contributed by atoms with E-state index in [9.17, 15) is 4.79 Å². The fraction of sp³-hybridized carbons (Fsp3) is 0.577. The van der Waals surface area contributed by atoms with E-state index in [1.54, 1.807) is 6.92 Å². The molecule has 0 saturated carbocycles. The lowest BCUT2D eigenvalue weighted by molar-refractivity contribution is -0.137. The van der Waals surface area contributed by atoms with E-state index >= 15 is 0 Å². The van der Waals surface area contributed by atoms with Gasteiger partial charge < -0.3 is 14.2 Å². The van der Waals surface area contributed by atoms with E-state index in [0.717, 1.165) is 23.1 Å². The van der Waals surface area contributed by atoms with Gasteiger partial charge in [-0.1, -0.05) is 39.8 Å². The molecule has 30 heavy (non-hydrogen) atoms. The Morgan fingerprint density at radius 3 is 2.17 bits per heavy atom. The number of carbonyl (C=O) groups is 1. The first-order chi connectivity index (χ1) is 14.0. The first-order valence-electron chi connectivity index (χ1n) is 11.0. The van der Waals surface area contributed by atoms with Crippen molar-refractivity contribution in [3.63, 3.8) is 0 Å². The Morgan fingerprint density at radius 2 is 1.60 bits per heavy atom. The van der Waals surface area contributed by atoms with Gasteiger partial charge in [0.25, 0.3) is 0 Å². The van der Waals surface area contributed by atoms with Gasteiger partial charge in [0, 0.05) is 11.6 Å². The quantitative estimate of drug-likeness (QED) is 0.358. The van der Waals surface area contributed by atoms with Crippen LogP contribution >= 0.6 is 0 Å². The van der Waals surface area contributed by atoms with Crippen molar-refractivity contribution < 1.29 is 19.0 Å². The SMILES string of the molecule is CCOC(=O)/C=C(C)/C=C/C1(c2cc3c(cc2C)C(C)(C)CCC3(C)C)OCCO1. The van der Waals surface area contributed by atoms with Crippen molar-refractivity contribution in [2.75, 3.05) is 19.8 Å². The Bertz CT molecular complexity index is 867. The molecule has 0 aromatic heterocycles. The third kappa shape index (κ3) is 4.40. The van der Waals surface area contributed by atoms with Crippen LogP contribution in [0.3, 0.4) is 0 Å². The molecule has 1 aliphatic heterocycles. The molecule has 164 valence electrons. The van der Waals surface area contributed by atoms with Crippen LogP contribution in [0, 0.1) is 6.92 Å². The van der Waals surface area contributed by atoms with Crippen LogP contribution in [-0.2, 0) is 35.6 Å². The average molecular weight is 413 g/mol. The molecule has 0 radical (unpaired) electrons. The smallest absolute Gasteiger partial charge is 0.330 e. The van der Waals surface area contributed by atoms with E-state index in [0.29, 0.717) is 19.8 Å². The highest BCUT2D eigenvalue weighted by Crippen LogP contribution is 2.48. The zero-order valence-electron chi connectivity index (χ0n) is 19.6. The molecule has 0 bridgehead atoms. The van der Waals surface area contributed by atoms with Crippen LogP contribution < -0.4 is 0 Å². The van der Waals surface area contributed by atoms with Crippen LogP contribution in [0.15, 0.2) is 35.9 Å². The number of benzene rings is 1. The molecular weight excluding hydrogens is 376 g/mol.